The first-order valence-electron chi connectivity index (χ1n) is 10.6. The molecule has 3 saturated heterocycles. The van der Waals surface area contributed by atoms with Crippen LogP contribution in [0.4, 0.5) is 5.69 Å². The number of hydrogen-bond donors (Lipinski definition) is 0. The highest BCUT2D eigenvalue weighted by Crippen LogP contribution is 2.32. The number of anilines is 1. The Morgan fingerprint density at radius 2 is 1.92 bits per heavy atom. The zero-order chi connectivity index (χ0) is 17.9. The molecule has 3 aliphatic heterocycles. The van der Waals surface area contributed by atoms with Crippen molar-refractivity contribution in [1.82, 2.24) is 9.80 Å². The molecule has 0 amide bonds. The molecule has 1 aromatic carbocycles. The molecule has 3 aliphatic rings. The number of rotatable bonds is 4. The van der Waals surface area contributed by atoms with Crippen molar-refractivity contribution in [3.63, 3.8) is 0 Å². The Bertz CT molecular complexity index is 591. The van der Waals surface area contributed by atoms with Gasteiger partial charge in [-0.25, -0.2) is 0 Å². The van der Waals surface area contributed by atoms with Crippen LogP contribution in [0.3, 0.4) is 0 Å². The Morgan fingerprint density at radius 3 is 2.77 bits per heavy atom. The summed E-state index contributed by atoms with van der Waals surface area (Å²) >= 11 is 0. The van der Waals surface area contributed by atoms with E-state index in [0.717, 1.165) is 24.3 Å². The van der Waals surface area contributed by atoms with Crippen molar-refractivity contribution >= 4 is 5.69 Å². The van der Waals surface area contributed by atoms with E-state index in [1.807, 2.05) is 6.07 Å². The molecule has 0 radical (unpaired) electrons. The molecule has 26 heavy (non-hydrogen) atoms. The molecule has 0 aliphatic carbocycles. The van der Waals surface area contributed by atoms with Gasteiger partial charge in [0.1, 0.15) is 5.75 Å². The third-order valence-electron chi connectivity index (χ3n) is 6.82. The van der Waals surface area contributed by atoms with Gasteiger partial charge in [0.25, 0.3) is 0 Å². The summed E-state index contributed by atoms with van der Waals surface area (Å²) in [4.78, 5) is 8.09. The lowest BCUT2D eigenvalue weighted by molar-refractivity contribution is 0.0374. The average Bonchev–Trinajstić information content (AvgIpc) is 2.68. The second kappa shape index (κ2) is 8.18. The van der Waals surface area contributed by atoms with Crippen LogP contribution >= 0.6 is 0 Å². The molecule has 3 unspecified atom stereocenters. The summed E-state index contributed by atoms with van der Waals surface area (Å²) in [6.45, 7) is 9.86. The molecule has 0 saturated carbocycles. The van der Waals surface area contributed by atoms with E-state index in [0.29, 0.717) is 6.04 Å². The normalized spacial score (nSPS) is 30.8. The second-order valence-corrected chi connectivity index (χ2v) is 8.50. The third-order valence-corrected chi connectivity index (χ3v) is 6.82. The van der Waals surface area contributed by atoms with Crippen LogP contribution in [-0.4, -0.2) is 68.3 Å². The standard InChI is InChI=1S/C22H35N3O/c1-18-16-23(13-14-25(18)20-8-5-9-21(15-20)26-2)17-19-7-6-12-24-11-4-3-10-22(19)24/h5,8-9,15,18-19,22H,3-4,6-7,10-14,16-17H2,1-2H3. The minimum atomic E-state index is 0.557. The monoisotopic (exact) mass is 357 g/mol. The molecule has 4 heteroatoms. The van der Waals surface area contributed by atoms with Crippen molar-refractivity contribution in [3.8, 4) is 5.75 Å². The van der Waals surface area contributed by atoms with Crippen LogP contribution in [0, 0.1) is 5.92 Å². The molecule has 144 valence electrons. The van der Waals surface area contributed by atoms with E-state index in [-0.39, 0.29) is 0 Å². The SMILES string of the molecule is COc1cccc(N2CCN(CC3CCCN4CCCCC34)CC2C)c1. The molecule has 4 rings (SSSR count). The number of piperazine rings is 1. The minimum absolute atomic E-state index is 0.557. The Labute approximate surface area is 159 Å². The molecule has 0 bridgehead atoms. The van der Waals surface area contributed by atoms with Crippen LogP contribution in [0.25, 0.3) is 0 Å². The molecule has 3 atom stereocenters. The fourth-order valence-corrected chi connectivity index (χ4v) is 5.49. The van der Waals surface area contributed by atoms with Crippen LogP contribution in [0.5, 0.6) is 5.75 Å². The second-order valence-electron chi connectivity index (χ2n) is 8.50. The van der Waals surface area contributed by atoms with E-state index in [1.54, 1.807) is 7.11 Å². The van der Waals surface area contributed by atoms with Gasteiger partial charge in [-0.15, -0.1) is 0 Å². The van der Waals surface area contributed by atoms with Crippen LogP contribution < -0.4 is 9.64 Å². The maximum absolute atomic E-state index is 5.41. The van der Waals surface area contributed by atoms with Gasteiger partial charge in [-0.05, 0) is 63.7 Å². The number of fused-ring (bicyclic) bond motifs is 1. The first-order valence-corrected chi connectivity index (χ1v) is 10.6. The summed E-state index contributed by atoms with van der Waals surface area (Å²) in [7, 11) is 1.75. The summed E-state index contributed by atoms with van der Waals surface area (Å²) in [6, 6.07) is 9.95. The van der Waals surface area contributed by atoms with Crippen molar-refractivity contribution in [2.24, 2.45) is 5.92 Å². The molecule has 0 spiro atoms. The van der Waals surface area contributed by atoms with Crippen molar-refractivity contribution in [3.05, 3.63) is 24.3 Å². The predicted octanol–water partition coefficient (Wildman–Crippen LogP) is 3.47. The average molecular weight is 358 g/mol. The van der Waals surface area contributed by atoms with Crippen LogP contribution in [0.15, 0.2) is 24.3 Å². The summed E-state index contributed by atoms with van der Waals surface area (Å²) in [6.07, 6.45) is 7.13. The van der Waals surface area contributed by atoms with Gasteiger partial charge in [0, 0.05) is 50.0 Å². The Kier molecular flexibility index (Phi) is 5.70. The lowest BCUT2D eigenvalue weighted by Crippen LogP contribution is -2.56. The largest absolute Gasteiger partial charge is 0.497 e. The zero-order valence-electron chi connectivity index (χ0n) is 16.6. The highest BCUT2D eigenvalue weighted by atomic mass is 16.5. The number of methoxy groups -OCH3 is 1. The number of ether oxygens (including phenoxy) is 1. The lowest BCUT2D eigenvalue weighted by atomic mass is 9.83. The van der Waals surface area contributed by atoms with Gasteiger partial charge < -0.3 is 14.5 Å². The Hall–Kier alpha value is -1.26. The van der Waals surface area contributed by atoms with Crippen LogP contribution in [-0.2, 0) is 0 Å². The van der Waals surface area contributed by atoms with Gasteiger partial charge >= 0.3 is 0 Å². The molecule has 1 aromatic rings. The Morgan fingerprint density at radius 1 is 1.04 bits per heavy atom. The molecule has 3 fully saturated rings. The Balaban J connectivity index is 1.36. The van der Waals surface area contributed by atoms with Crippen LogP contribution in [0.2, 0.25) is 0 Å². The topological polar surface area (TPSA) is 19.0 Å². The lowest BCUT2D eigenvalue weighted by Gasteiger charge is -2.48. The fraction of sp³-hybridized carbons (Fsp3) is 0.727. The summed E-state index contributed by atoms with van der Waals surface area (Å²) in [5.41, 5.74) is 1.30. The van der Waals surface area contributed by atoms with Crippen molar-refractivity contribution in [2.45, 2.75) is 51.1 Å². The van der Waals surface area contributed by atoms with Crippen molar-refractivity contribution in [2.75, 3.05) is 51.3 Å². The quantitative estimate of drug-likeness (QED) is 0.821. The van der Waals surface area contributed by atoms with E-state index < -0.39 is 0 Å². The molecule has 3 heterocycles. The van der Waals surface area contributed by atoms with Gasteiger partial charge in [-0.1, -0.05) is 12.5 Å². The van der Waals surface area contributed by atoms with E-state index in [4.69, 9.17) is 4.74 Å². The molecular formula is C22H35N3O. The molecule has 4 nitrogen and oxygen atoms in total. The van der Waals surface area contributed by atoms with Gasteiger partial charge in [0.2, 0.25) is 0 Å². The molecule has 0 N–H and O–H groups in total. The van der Waals surface area contributed by atoms with Gasteiger partial charge in [0.05, 0.1) is 7.11 Å². The maximum Gasteiger partial charge on any atom is 0.120 e. The fourth-order valence-electron chi connectivity index (χ4n) is 5.49. The summed E-state index contributed by atoms with van der Waals surface area (Å²) in [5, 5.41) is 0. The number of hydrogen-bond acceptors (Lipinski definition) is 4. The number of benzene rings is 1. The van der Waals surface area contributed by atoms with Crippen molar-refractivity contribution in [1.29, 1.82) is 0 Å². The van der Waals surface area contributed by atoms with E-state index in [9.17, 15) is 0 Å². The molecular weight excluding hydrogens is 322 g/mol. The van der Waals surface area contributed by atoms with Crippen LogP contribution in [0.1, 0.15) is 39.0 Å². The number of piperidine rings is 2. The van der Waals surface area contributed by atoms with E-state index in [1.165, 1.54) is 70.5 Å². The number of nitrogens with zero attached hydrogens (tertiary/aromatic N) is 3. The predicted molar refractivity (Wildman–Crippen MR) is 108 cm³/mol. The first-order chi connectivity index (χ1) is 12.7. The minimum Gasteiger partial charge on any atom is -0.497 e. The zero-order valence-corrected chi connectivity index (χ0v) is 16.6. The maximum atomic E-state index is 5.41. The first kappa shape index (κ1) is 18.1. The van der Waals surface area contributed by atoms with Crippen molar-refractivity contribution < 1.29 is 4.74 Å². The third kappa shape index (κ3) is 3.86. The van der Waals surface area contributed by atoms with Gasteiger partial charge in [-0.3, -0.25) is 4.90 Å². The van der Waals surface area contributed by atoms with Gasteiger partial charge in [0.15, 0.2) is 0 Å². The van der Waals surface area contributed by atoms with E-state index in [2.05, 4.69) is 39.8 Å². The van der Waals surface area contributed by atoms with Gasteiger partial charge in [-0.2, -0.15) is 0 Å². The van der Waals surface area contributed by atoms with E-state index >= 15 is 0 Å². The summed E-state index contributed by atoms with van der Waals surface area (Å²) < 4.78 is 5.41. The smallest absolute Gasteiger partial charge is 0.120 e. The highest BCUT2D eigenvalue weighted by molar-refractivity contribution is 5.52. The highest BCUT2D eigenvalue weighted by Gasteiger charge is 2.35. The molecule has 0 aromatic heterocycles. The summed E-state index contributed by atoms with van der Waals surface area (Å²) in [5.74, 6) is 1.84.